The van der Waals surface area contributed by atoms with Gasteiger partial charge in [0.1, 0.15) is 0 Å². The van der Waals surface area contributed by atoms with Crippen LogP contribution in [-0.4, -0.2) is 23.2 Å². The van der Waals surface area contributed by atoms with Gasteiger partial charge in [-0.2, -0.15) is 0 Å². The summed E-state index contributed by atoms with van der Waals surface area (Å²) in [6, 6.07) is 0. The van der Waals surface area contributed by atoms with Crippen LogP contribution in [0, 0.1) is 6.92 Å². The number of aliphatic imine (C=N–C) groups is 1. The van der Waals surface area contributed by atoms with Crippen LogP contribution in [0.2, 0.25) is 0 Å². The topological polar surface area (TPSA) is 37.3 Å². The fourth-order valence-corrected chi connectivity index (χ4v) is 2.76. The Hall–Kier alpha value is -0.550. The van der Waals surface area contributed by atoms with Gasteiger partial charge in [-0.05, 0) is 13.3 Å². The van der Waals surface area contributed by atoms with E-state index in [1.807, 2.05) is 6.92 Å². The van der Waals surface area contributed by atoms with Crippen molar-refractivity contribution in [2.24, 2.45) is 4.99 Å². The molecule has 1 aromatic rings. The van der Waals surface area contributed by atoms with E-state index >= 15 is 0 Å². The van der Waals surface area contributed by atoms with Crippen molar-refractivity contribution < 1.29 is 0 Å². The Balaban J connectivity index is 1.84. The second-order valence-electron chi connectivity index (χ2n) is 3.11. The van der Waals surface area contributed by atoms with Crippen LogP contribution in [0.3, 0.4) is 0 Å². The quantitative estimate of drug-likeness (QED) is 0.840. The number of amidine groups is 1. The number of rotatable bonds is 2. The lowest BCUT2D eigenvalue weighted by Gasteiger charge is -2.12. The van der Waals surface area contributed by atoms with Gasteiger partial charge >= 0.3 is 0 Å². The average molecular weight is 227 g/mol. The van der Waals surface area contributed by atoms with Crippen molar-refractivity contribution in [2.75, 3.05) is 13.1 Å². The third-order valence-corrected chi connectivity index (χ3v) is 3.70. The van der Waals surface area contributed by atoms with Crippen molar-refractivity contribution in [3.63, 3.8) is 0 Å². The fraction of sp³-hybridized carbons (Fsp3) is 0.556. The molecule has 0 spiro atoms. The van der Waals surface area contributed by atoms with Crippen molar-refractivity contribution in [1.82, 2.24) is 10.3 Å². The van der Waals surface area contributed by atoms with Crippen molar-refractivity contribution >= 4 is 28.3 Å². The van der Waals surface area contributed by atoms with Crippen LogP contribution in [0.15, 0.2) is 10.4 Å². The number of hydrogen-bond acceptors (Lipinski definition) is 5. The third-order valence-electron chi connectivity index (χ3n) is 1.89. The number of aryl methyl sites for hydroxylation is 1. The molecule has 0 saturated carbocycles. The average Bonchev–Trinajstić information content (AvgIpc) is 2.63. The van der Waals surface area contributed by atoms with Crippen LogP contribution in [0.5, 0.6) is 0 Å². The second kappa shape index (κ2) is 4.79. The van der Waals surface area contributed by atoms with Gasteiger partial charge in [-0.25, -0.2) is 4.98 Å². The van der Waals surface area contributed by atoms with Crippen LogP contribution in [0.4, 0.5) is 0 Å². The largest absolute Gasteiger partial charge is 0.365 e. The maximum Gasteiger partial charge on any atom is 0.156 e. The number of thiazole rings is 1. The van der Waals surface area contributed by atoms with Gasteiger partial charge < -0.3 is 5.32 Å². The van der Waals surface area contributed by atoms with Crippen LogP contribution >= 0.6 is 23.1 Å². The Labute approximate surface area is 92.0 Å². The normalized spacial score (nSPS) is 16.2. The molecule has 1 aliphatic rings. The van der Waals surface area contributed by atoms with Crippen LogP contribution in [0.1, 0.15) is 17.1 Å². The van der Waals surface area contributed by atoms with Gasteiger partial charge in [-0.15, -0.1) is 11.3 Å². The molecule has 14 heavy (non-hydrogen) atoms. The zero-order chi connectivity index (χ0) is 9.80. The highest BCUT2D eigenvalue weighted by Gasteiger charge is 2.06. The van der Waals surface area contributed by atoms with Crippen molar-refractivity contribution in [3.8, 4) is 0 Å². The fourth-order valence-electron chi connectivity index (χ4n) is 1.22. The summed E-state index contributed by atoms with van der Waals surface area (Å²) in [6.45, 7) is 4.06. The van der Waals surface area contributed by atoms with Gasteiger partial charge in [0.15, 0.2) is 5.17 Å². The molecule has 76 valence electrons. The first-order valence-corrected chi connectivity index (χ1v) is 6.53. The predicted molar refractivity (Wildman–Crippen MR) is 63.1 cm³/mol. The minimum absolute atomic E-state index is 0.927. The maximum atomic E-state index is 4.41. The van der Waals surface area contributed by atoms with E-state index < -0.39 is 0 Å². The van der Waals surface area contributed by atoms with Gasteiger partial charge in [0.25, 0.3) is 0 Å². The van der Waals surface area contributed by atoms with Crippen molar-refractivity contribution in [3.05, 3.63) is 16.1 Å². The number of hydrogen-bond donors (Lipinski definition) is 1. The highest BCUT2D eigenvalue weighted by atomic mass is 32.2. The second-order valence-corrected chi connectivity index (χ2v) is 5.14. The molecule has 0 amide bonds. The highest BCUT2D eigenvalue weighted by molar-refractivity contribution is 8.13. The van der Waals surface area contributed by atoms with E-state index in [1.54, 1.807) is 23.1 Å². The minimum Gasteiger partial charge on any atom is -0.365 e. The Morgan fingerprint density at radius 3 is 3.21 bits per heavy atom. The van der Waals surface area contributed by atoms with E-state index in [0.29, 0.717) is 0 Å². The lowest BCUT2D eigenvalue weighted by atomic mass is 10.4. The molecule has 0 aromatic carbocycles. The Bertz CT molecular complexity index is 333. The smallest absolute Gasteiger partial charge is 0.156 e. The summed E-state index contributed by atoms with van der Waals surface area (Å²) in [5.74, 6) is 0.927. The molecule has 1 aliphatic heterocycles. The lowest BCUT2D eigenvalue weighted by molar-refractivity contribution is 0.751. The van der Waals surface area contributed by atoms with Crippen molar-refractivity contribution in [1.29, 1.82) is 0 Å². The third kappa shape index (κ3) is 2.72. The van der Waals surface area contributed by atoms with E-state index in [0.717, 1.165) is 41.1 Å². The molecule has 0 saturated heterocycles. The standard InChI is InChI=1S/C9H13N3S2/c1-7-12-8(5-13-7)6-14-9-10-3-2-4-11-9/h5H,2-4,6H2,1H3,(H,10,11). The molecule has 3 nitrogen and oxygen atoms in total. The van der Waals surface area contributed by atoms with E-state index in [1.165, 1.54) is 0 Å². The molecule has 0 unspecified atom stereocenters. The molecule has 5 heteroatoms. The van der Waals surface area contributed by atoms with E-state index in [-0.39, 0.29) is 0 Å². The first-order chi connectivity index (χ1) is 6.84. The molecule has 1 aromatic heterocycles. The molecular formula is C9H13N3S2. The molecule has 2 rings (SSSR count). The Morgan fingerprint density at radius 1 is 1.64 bits per heavy atom. The molecular weight excluding hydrogens is 214 g/mol. The summed E-state index contributed by atoms with van der Waals surface area (Å²) >= 11 is 3.45. The summed E-state index contributed by atoms with van der Waals surface area (Å²) in [5, 5.41) is 7.61. The number of nitrogens with one attached hydrogen (secondary N) is 1. The molecule has 0 radical (unpaired) electrons. The Kier molecular flexibility index (Phi) is 3.42. The summed E-state index contributed by atoms with van der Waals surface area (Å²) in [6.07, 6.45) is 1.15. The summed E-state index contributed by atoms with van der Waals surface area (Å²) < 4.78 is 0. The van der Waals surface area contributed by atoms with E-state index in [4.69, 9.17) is 0 Å². The zero-order valence-corrected chi connectivity index (χ0v) is 9.75. The number of nitrogens with zero attached hydrogens (tertiary/aromatic N) is 2. The first kappa shape index (κ1) is 9.98. The zero-order valence-electron chi connectivity index (χ0n) is 8.12. The molecule has 0 bridgehead atoms. The summed E-state index contributed by atoms with van der Waals surface area (Å²) in [5.41, 5.74) is 1.16. The molecule has 2 heterocycles. The van der Waals surface area contributed by atoms with Crippen LogP contribution in [-0.2, 0) is 5.75 Å². The van der Waals surface area contributed by atoms with Crippen LogP contribution < -0.4 is 5.32 Å². The maximum absolute atomic E-state index is 4.41. The van der Waals surface area contributed by atoms with E-state index in [9.17, 15) is 0 Å². The summed E-state index contributed by atoms with van der Waals surface area (Å²) in [4.78, 5) is 8.81. The lowest BCUT2D eigenvalue weighted by Crippen LogP contribution is -2.26. The SMILES string of the molecule is Cc1nc(CSC2=NCCCN2)cs1. The predicted octanol–water partition coefficient (Wildman–Crippen LogP) is 2.03. The minimum atomic E-state index is 0.927. The van der Waals surface area contributed by atoms with Gasteiger partial charge in [-0.3, -0.25) is 4.99 Å². The summed E-state index contributed by atoms with van der Waals surface area (Å²) in [7, 11) is 0. The molecule has 0 fully saturated rings. The molecule has 0 atom stereocenters. The Morgan fingerprint density at radius 2 is 2.57 bits per heavy atom. The van der Waals surface area contributed by atoms with Crippen molar-refractivity contribution in [2.45, 2.75) is 19.1 Å². The number of thioether (sulfide) groups is 1. The van der Waals surface area contributed by atoms with E-state index in [2.05, 4.69) is 20.7 Å². The monoisotopic (exact) mass is 227 g/mol. The van der Waals surface area contributed by atoms with Gasteiger partial charge in [0, 0.05) is 24.2 Å². The number of aromatic nitrogens is 1. The van der Waals surface area contributed by atoms with Gasteiger partial charge in [0.2, 0.25) is 0 Å². The van der Waals surface area contributed by atoms with Crippen LogP contribution in [0.25, 0.3) is 0 Å². The van der Waals surface area contributed by atoms with Gasteiger partial charge in [-0.1, -0.05) is 11.8 Å². The molecule has 0 aliphatic carbocycles. The highest BCUT2D eigenvalue weighted by Crippen LogP contribution is 2.16. The first-order valence-electron chi connectivity index (χ1n) is 4.67. The van der Waals surface area contributed by atoms with Gasteiger partial charge in [0.05, 0.1) is 10.7 Å². The molecule has 1 N–H and O–H groups in total.